The minimum absolute atomic E-state index is 0.0239. The third-order valence-corrected chi connectivity index (χ3v) is 4.64. The van der Waals surface area contributed by atoms with E-state index in [2.05, 4.69) is 20.2 Å². The number of aryl methyl sites for hydroxylation is 1. The van der Waals surface area contributed by atoms with Crippen LogP contribution in [0.1, 0.15) is 23.9 Å². The van der Waals surface area contributed by atoms with Gasteiger partial charge in [0.25, 0.3) is 0 Å². The summed E-state index contributed by atoms with van der Waals surface area (Å²) >= 11 is 0. The third-order valence-electron chi connectivity index (χ3n) is 4.64. The quantitative estimate of drug-likeness (QED) is 0.643. The Kier molecular flexibility index (Phi) is 6.08. The number of carbonyl (C=O) groups excluding carboxylic acids is 1. The van der Waals surface area contributed by atoms with Gasteiger partial charge in [-0.1, -0.05) is 24.3 Å². The lowest BCUT2D eigenvalue weighted by Gasteiger charge is -2.25. The van der Waals surface area contributed by atoms with E-state index in [9.17, 15) is 4.79 Å². The highest BCUT2D eigenvalue weighted by Gasteiger charge is 2.15. The zero-order valence-electron chi connectivity index (χ0n) is 16.0. The van der Waals surface area contributed by atoms with Crippen LogP contribution in [-0.4, -0.2) is 48.5 Å². The Morgan fingerprint density at radius 1 is 1.19 bits per heavy atom. The SMILES string of the molecule is COc1ccc([C@H](CNC(=O)CCc2nc3ccccc3[nH]2)N(C)C)cc1. The second-order valence-corrected chi connectivity index (χ2v) is 6.76. The number of para-hydroxylation sites is 2. The molecule has 1 amide bonds. The second kappa shape index (κ2) is 8.68. The highest BCUT2D eigenvalue weighted by Crippen LogP contribution is 2.20. The van der Waals surface area contributed by atoms with E-state index in [1.807, 2.05) is 62.6 Å². The number of hydrogen-bond donors (Lipinski definition) is 2. The Balaban J connectivity index is 1.54. The molecule has 0 aliphatic heterocycles. The molecule has 0 saturated carbocycles. The molecule has 0 aliphatic rings. The summed E-state index contributed by atoms with van der Waals surface area (Å²) in [6, 6.07) is 15.9. The number of methoxy groups -OCH3 is 1. The van der Waals surface area contributed by atoms with Gasteiger partial charge in [-0.15, -0.1) is 0 Å². The molecule has 6 heteroatoms. The summed E-state index contributed by atoms with van der Waals surface area (Å²) in [7, 11) is 5.67. The highest BCUT2D eigenvalue weighted by atomic mass is 16.5. The van der Waals surface area contributed by atoms with Crippen LogP contribution in [0.3, 0.4) is 0 Å². The van der Waals surface area contributed by atoms with Crippen molar-refractivity contribution in [2.24, 2.45) is 0 Å². The number of fused-ring (bicyclic) bond motifs is 1. The molecule has 0 fully saturated rings. The Hall–Kier alpha value is -2.86. The van der Waals surface area contributed by atoms with Crippen molar-refractivity contribution < 1.29 is 9.53 Å². The molecule has 0 radical (unpaired) electrons. The lowest BCUT2D eigenvalue weighted by Crippen LogP contribution is -2.34. The predicted molar refractivity (Wildman–Crippen MR) is 107 cm³/mol. The van der Waals surface area contributed by atoms with Gasteiger partial charge in [0.15, 0.2) is 0 Å². The van der Waals surface area contributed by atoms with Crippen LogP contribution in [0.4, 0.5) is 0 Å². The standard InChI is InChI=1S/C21H26N4O2/c1-25(2)19(15-8-10-16(27-3)11-9-15)14-22-21(26)13-12-20-23-17-6-4-5-7-18(17)24-20/h4-11,19H,12-14H2,1-3H3,(H,22,26)(H,23,24)/t19-/m0/s1. The van der Waals surface area contributed by atoms with Gasteiger partial charge in [-0.25, -0.2) is 4.98 Å². The number of nitrogens with zero attached hydrogens (tertiary/aromatic N) is 2. The highest BCUT2D eigenvalue weighted by molar-refractivity contribution is 5.77. The van der Waals surface area contributed by atoms with Gasteiger partial charge in [-0.3, -0.25) is 4.79 Å². The number of amides is 1. The van der Waals surface area contributed by atoms with Gasteiger partial charge in [0, 0.05) is 19.4 Å². The van der Waals surface area contributed by atoms with Crippen LogP contribution < -0.4 is 10.1 Å². The molecule has 0 spiro atoms. The Labute approximate surface area is 159 Å². The van der Waals surface area contributed by atoms with Crippen molar-refractivity contribution >= 4 is 16.9 Å². The largest absolute Gasteiger partial charge is 0.497 e. The fourth-order valence-corrected chi connectivity index (χ4v) is 3.08. The number of benzene rings is 2. The number of rotatable bonds is 8. The van der Waals surface area contributed by atoms with Crippen LogP contribution in [-0.2, 0) is 11.2 Å². The normalized spacial score (nSPS) is 12.3. The van der Waals surface area contributed by atoms with E-state index in [4.69, 9.17) is 4.74 Å². The molecule has 142 valence electrons. The van der Waals surface area contributed by atoms with Gasteiger partial charge in [0.2, 0.25) is 5.91 Å². The first-order chi connectivity index (χ1) is 13.1. The molecule has 1 heterocycles. The lowest BCUT2D eigenvalue weighted by molar-refractivity contribution is -0.121. The summed E-state index contributed by atoms with van der Waals surface area (Å²) in [5.74, 6) is 1.69. The van der Waals surface area contributed by atoms with Crippen molar-refractivity contribution in [3.8, 4) is 5.75 Å². The van der Waals surface area contributed by atoms with Crippen LogP contribution in [0.15, 0.2) is 48.5 Å². The number of H-pyrrole nitrogens is 1. The predicted octanol–water partition coefficient (Wildman–Crippen LogP) is 2.92. The maximum absolute atomic E-state index is 12.3. The van der Waals surface area contributed by atoms with E-state index in [1.165, 1.54) is 0 Å². The van der Waals surface area contributed by atoms with Gasteiger partial charge in [0.1, 0.15) is 11.6 Å². The number of hydrogen-bond acceptors (Lipinski definition) is 4. The average molecular weight is 366 g/mol. The molecule has 0 saturated heterocycles. The molecule has 6 nitrogen and oxygen atoms in total. The molecule has 2 aromatic carbocycles. The van der Waals surface area contributed by atoms with Crippen molar-refractivity contribution in [1.82, 2.24) is 20.2 Å². The van der Waals surface area contributed by atoms with Crippen LogP contribution in [0, 0.1) is 0 Å². The number of aromatic nitrogens is 2. The first kappa shape index (κ1) is 18.9. The number of nitrogens with one attached hydrogen (secondary N) is 2. The zero-order chi connectivity index (χ0) is 19.2. The van der Waals surface area contributed by atoms with E-state index in [-0.39, 0.29) is 11.9 Å². The zero-order valence-corrected chi connectivity index (χ0v) is 16.0. The average Bonchev–Trinajstić information content (AvgIpc) is 3.10. The van der Waals surface area contributed by atoms with Crippen LogP contribution in [0.2, 0.25) is 0 Å². The fraction of sp³-hybridized carbons (Fsp3) is 0.333. The van der Waals surface area contributed by atoms with Crippen LogP contribution in [0.5, 0.6) is 5.75 Å². The summed E-state index contributed by atoms with van der Waals surface area (Å²) < 4.78 is 5.21. The third kappa shape index (κ3) is 4.86. The molecule has 2 N–H and O–H groups in total. The van der Waals surface area contributed by atoms with Gasteiger partial charge in [-0.2, -0.15) is 0 Å². The van der Waals surface area contributed by atoms with E-state index >= 15 is 0 Å². The summed E-state index contributed by atoms with van der Waals surface area (Å²) in [4.78, 5) is 22.2. The van der Waals surface area contributed by atoms with E-state index in [1.54, 1.807) is 7.11 Å². The van der Waals surface area contributed by atoms with Crippen LogP contribution in [0.25, 0.3) is 11.0 Å². The molecule has 3 rings (SSSR count). The number of imidazole rings is 1. The van der Waals surface area contributed by atoms with Crippen molar-refractivity contribution in [2.45, 2.75) is 18.9 Å². The van der Waals surface area contributed by atoms with Crippen molar-refractivity contribution in [1.29, 1.82) is 0 Å². The molecule has 3 aromatic rings. The van der Waals surface area contributed by atoms with Crippen molar-refractivity contribution in [3.05, 3.63) is 59.9 Å². The fourth-order valence-electron chi connectivity index (χ4n) is 3.08. The van der Waals surface area contributed by atoms with E-state index < -0.39 is 0 Å². The topological polar surface area (TPSA) is 70.2 Å². The first-order valence-corrected chi connectivity index (χ1v) is 9.07. The molecular weight excluding hydrogens is 340 g/mol. The Bertz CT molecular complexity index is 854. The second-order valence-electron chi connectivity index (χ2n) is 6.76. The van der Waals surface area contributed by atoms with Gasteiger partial charge in [0.05, 0.1) is 24.2 Å². The van der Waals surface area contributed by atoms with Crippen molar-refractivity contribution in [2.75, 3.05) is 27.7 Å². The maximum Gasteiger partial charge on any atom is 0.220 e. The minimum atomic E-state index is 0.0239. The summed E-state index contributed by atoms with van der Waals surface area (Å²) in [6.07, 6.45) is 0.998. The minimum Gasteiger partial charge on any atom is -0.497 e. The van der Waals surface area contributed by atoms with E-state index in [0.29, 0.717) is 19.4 Å². The summed E-state index contributed by atoms with van der Waals surface area (Å²) in [5.41, 5.74) is 3.07. The summed E-state index contributed by atoms with van der Waals surface area (Å²) in [5, 5.41) is 3.04. The molecular formula is C21H26N4O2. The number of ether oxygens (including phenoxy) is 1. The van der Waals surface area contributed by atoms with Gasteiger partial charge < -0.3 is 19.9 Å². The van der Waals surface area contributed by atoms with Crippen LogP contribution >= 0.6 is 0 Å². The first-order valence-electron chi connectivity index (χ1n) is 9.07. The Morgan fingerprint density at radius 3 is 2.59 bits per heavy atom. The molecule has 1 atom stereocenters. The monoisotopic (exact) mass is 366 g/mol. The maximum atomic E-state index is 12.3. The number of likely N-dealkylation sites (N-methyl/N-ethyl adjacent to an activating group) is 1. The number of aromatic amines is 1. The Morgan fingerprint density at radius 2 is 1.93 bits per heavy atom. The van der Waals surface area contributed by atoms with E-state index in [0.717, 1.165) is 28.2 Å². The van der Waals surface area contributed by atoms with Gasteiger partial charge in [-0.05, 0) is 43.9 Å². The smallest absolute Gasteiger partial charge is 0.220 e. The number of carbonyl (C=O) groups is 1. The lowest BCUT2D eigenvalue weighted by atomic mass is 10.1. The molecule has 1 aromatic heterocycles. The molecule has 27 heavy (non-hydrogen) atoms. The molecule has 0 unspecified atom stereocenters. The molecule has 0 aliphatic carbocycles. The van der Waals surface area contributed by atoms with Gasteiger partial charge >= 0.3 is 0 Å². The summed E-state index contributed by atoms with van der Waals surface area (Å²) in [6.45, 7) is 0.554. The molecule has 0 bridgehead atoms. The van der Waals surface area contributed by atoms with Crippen molar-refractivity contribution in [3.63, 3.8) is 0 Å².